The van der Waals surface area contributed by atoms with Crippen molar-refractivity contribution in [2.24, 2.45) is 11.7 Å². The lowest BCUT2D eigenvalue weighted by molar-refractivity contribution is 0.243. The van der Waals surface area contributed by atoms with Gasteiger partial charge in [0.25, 0.3) is 0 Å². The molecule has 0 spiro atoms. The van der Waals surface area contributed by atoms with Crippen LogP contribution in [0.25, 0.3) is 0 Å². The van der Waals surface area contributed by atoms with Crippen LogP contribution in [0.1, 0.15) is 43.7 Å². The maximum absolute atomic E-state index is 6.50. The first kappa shape index (κ1) is 11.7. The molecule has 1 aliphatic rings. The Morgan fingerprint density at radius 2 is 2.00 bits per heavy atom. The van der Waals surface area contributed by atoms with Gasteiger partial charge in [-0.3, -0.25) is 0 Å². The lowest BCUT2D eigenvalue weighted by atomic mass is 9.74. The van der Waals surface area contributed by atoms with E-state index >= 15 is 0 Å². The quantitative estimate of drug-likeness (QED) is 0.806. The fraction of sp³-hybridized carbons (Fsp3) is 0.600. The monoisotopic (exact) mass is 217 g/mol. The van der Waals surface area contributed by atoms with Crippen LogP contribution in [0.4, 0.5) is 0 Å². The van der Waals surface area contributed by atoms with E-state index < -0.39 is 0 Å². The minimum Gasteiger partial charge on any atom is -0.325 e. The smallest absolute Gasteiger partial charge is 0.0195 e. The second-order valence-electron chi connectivity index (χ2n) is 5.71. The molecule has 0 radical (unpaired) electrons. The van der Waals surface area contributed by atoms with Crippen LogP contribution in [0.3, 0.4) is 0 Å². The van der Waals surface area contributed by atoms with Crippen molar-refractivity contribution in [2.45, 2.75) is 51.5 Å². The average molecular weight is 217 g/mol. The summed E-state index contributed by atoms with van der Waals surface area (Å²) in [6.45, 7) is 4.49. The summed E-state index contributed by atoms with van der Waals surface area (Å²) in [5.41, 5.74) is 9.30. The van der Waals surface area contributed by atoms with Crippen molar-refractivity contribution in [3.63, 3.8) is 0 Å². The van der Waals surface area contributed by atoms with Gasteiger partial charge in [-0.25, -0.2) is 0 Å². The van der Waals surface area contributed by atoms with Crippen molar-refractivity contribution < 1.29 is 0 Å². The summed E-state index contributed by atoms with van der Waals surface area (Å²) in [6, 6.07) is 8.77. The average Bonchev–Trinajstić information content (AvgIpc) is 2.23. The number of rotatable bonds is 2. The van der Waals surface area contributed by atoms with Crippen molar-refractivity contribution in [3.05, 3.63) is 35.4 Å². The van der Waals surface area contributed by atoms with Gasteiger partial charge in [0.15, 0.2) is 0 Å². The topological polar surface area (TPSA) is 26.0 Å². The highest BCUT2D eigenvalue weighted by Crippen LogP contribution is 2.32. The van der Waals surface area contributed by atoms with Gasteiger partial charge in [0.1, 0.15) is 0 Å². The highest BCUT2D eigenvalue weighted by Gasteiger charge is 2.30. The number of hydrogen-bond acceptors (Lipinski definition) is 1. The van der Waals surface area contributed by atoms with Crippen molar-refractivity contribution in [2.75, 3.05) is 0 Å². The maximum atomic E-state index is 6.50. The maximum Gasteiger partial charge on any atom is 0.0195 e. The Hall–Kier alpha value is -0.820. The summed E-state index contributed by atoms with van der Waals surface area (Å²) in [6.07, 6.45) is 6.00. The molecule has 0 aromatic heterocycles. The Labute approximate surface area is 99.0 Å². The van der Waals surface area contributed by atoms with E-state index in [1.165, 1.54) is 36.8 Å². The molecule has 1 fully saturated rings. The standard InChI is InChI=1S/C15H23N/c1-12-6-8-15(16,9-7-12)11-14-5-3-4-13(2)10-14/h3-5,10,12H,6-9,11,16H2,1-2H3. The molecule has 0 aliphatic heterocycles. The molecule has 0 saturated heterocycles. The largest absolute Gasteiger partial charge is 0.325 e. The molecule has 1 heteroatoms. The van der Waals surface area contributed by atoms with Gasteiger partial charge in [-0.05, 0) is 50.5 Å². The van der Waals surface area contributed by atoms with E-state index in [-0.39, 0.29) is 5.54 Å². The van der Waals surface area contributed by atoms with Crippen LogP contribution in [-0.2, 0) is 6.42 Å². The molecule has 2 N–H and O–H groups in total. The van der Waals surface area contributed by atoms with Gasteiger partial charge < -0.3 is 5.73 Å². The van der Waals surface area contributed by atoms with Crippen LogP contribution < -0.4 is 5.73 Å². The van der Waals surface area contributed by atoms with Crippen molar-refractivity contribution in [3.8, 4) is 0 Å². The van der Waals surface area contributed by atoms with Gasteiger partial charge in [-0.1, -0.05) is 36.8 Å². The highest BCUT2D eigenvalue weighted by atomic mass is 14.7. The first-order chi connectivity index (χ1) is 7.57. The Morgan fingerprint density at radius 3 is 2.62 bits per heavy atom. The molecular weight excluding hydrogens is 194 g/mol. The molecule has 0 heterocycles. The van der Waals surface area contributed by atoms with E-state index in [1.54, 1.807) is 0 Å². The molecule has 1 aromatic rings. The van der Waals surface area contributed by atoms with Gasteiger partial charge in [0.2, 0.25) is 0 Å². The Morgan fingerprint density at radius 1 is 1.31 bits per heavy atom. The molecule has 88 valence electrons. The van der Waals surface area contributed by atoms with Crippen molar-refractivity contribution in [1.82, 2.24) is 0 Å². The summed E-state index contributed by atoms with van der Waals surface area (Å²) in [4.78, 5) is 0. The molecule has 0 unspecified atom stereocenters. The predicted molar refractivity (Wildman–Crippen MR) is 69.4 cm³/mol. The van der Waals surface area contributed by atoms with Crippen LogP contribution in [-0.4, -0.2) is 5.54 Å². The van der Waals surface area contributed by atoms with Gasteiger partial charge in [0, 0.05) is 5.54 Å². The van der Waals surface area contributed by atoms with E-state index in [0.29, 0.717) is 0 Å². The lowest BCUT2D eigenvalue weighted by Crippen LogP contribution is -2.45. The summed E-state index contributed by atoms with van der Waals surface area (Å²) in [7, 11) is 0. The molecule has 2 rings (SSSR count). The fourth-order valence-electron chi connectivity index (χ4n) is 2.74. The van der Waals surface area contributed by atoms with Gasteiger partial charge in [0.05, 0.1) is 0 Å². The van der Waals surface area contributed by atoms with E-state index in [0.717, 1.165) is 12.3 Å². The molecule has 1 aliphatic carbocycles. The van der Waals surface area contributed by atoms with E-state index in [9.17, 15) is 0 Å². The summed E-state index contributed by atoms with van der Waals surface area (Å²) < 4.78 is 0. The van der Waals surface area contributed by atoms with E-state index in [4.69, 9.17) is 5.73 Å². The van der Waals surface area contributed by atoms with E-state index in [2.05, 4.69) is 38.1 Å². The molecular formula is C15H23N. The molecule has 0 amide bonds. The summed E-state index contributed by atoms with van der Waals surface area (Å²) in [5.74, 6) is 0.870. The number of benzene rings is 1. The van der Waals surface area contributed by atoms with Crippen LogP contribution in [0.15, 0.2) is 24.3 Å². The molecule has 0 atom stereocenters. The first-order valence-electron chi connectivity index (χ1n) is 6.42. The van der Waals surface area contributed by atoms with Crippen molar-refractivity contribution >= 4 is 0 Å². The Bertz CT molecular complexity index is 348. The van der Waals surface area contributed by atoms with Crippen LogP contribution in [0, 0.1) is 12.8 Å². The van der Waals surface area contributed by atoms with Crippen molar-refractivity contribution in [1.29, 1.82) is 0 Å². The molecule has 1 aromatic carbocycles. The minimum atomic E-state index is 0.0559. The minimum absolute atomic E-state index is 0.0559. The summed E-state index contributed by atoms with van der Waals surface area (Å²) >= 11 is 0. The predicted octanol–water partition coefficient (Wildman–Crippen LogP) is 3.45. The third kappa shape index (κ3) is 2.85. The zero-order valence-corrected chi connectivity index (χ0v) is 10.5. The normalized spacial score (nSPS) is 30.3. The molecule has 1 saturated carbocycles. The van der Waals surface area contributed by atoms with E-state index in [1.807, 2.05) is 0 Å². The van der Waals surface area contributed by atoms with Crippen LogP contribution in [0.5, 0.6) is 0 Å². The second-order valence-corrected chi connectivity index (χ2v) is 5.71. The first-order valence-corrected chi connectivity index (χ1v) is 6.42. The molecule has 1 nitrogen and oxygen atoms in total. The molecule has 16 heavy (non-hydrogen) atoms. The van der Waals surface area contributed by atoms with Gasteiger partial charge in [-0.15, -0.1) is 0 Å². The third-order valence-corrected chi connectivity index (χ3v) is 3.91. The third-order valence-electron chi connectivity index (χ3n) is 3.91. The zero-order valence-electron chi connectivity index (χ0n) is 10.5. The van der Waals surface area contributed by atoms with Crippen LogP contribution in [0.2, 0.25) is 0 Å². The summed E-state index contributed by atoms with van der Waals surface area (Å²) in [5, 5.41) is 0. The Kier molecular flexibility index (Phi) is 3.34. The SMILES string of the molecule is Cc1cccc(CC2(N)CCC(C)CC2)c1. The second kappa shape index (κ2) is 4.58. The number of aryl methyl sites for hydroxylation is 1. The van der Waals surface area contributed by atoms with Gasteiger partial charge in [-0.2, -0.15) is 0 Å². The fourth-order valence-corrected chi connectivity index (χ4v) is 2.74. The van der Waals surface area contributed by atoms with Gasteiger partial charge >= 0.3 is 0 Å². The zero-order chi connectivity index (χ0) is 11.6. The number of hydrogen-bond donors (Lipinski definition) is 1. The van der Waals surface area contributed by atoms with Crippen LogP contribution >= 0.6 is 0 Å². The highest BCUT2D eigenvalue weighted by molar-refractivity contribution is 5.24. The Balaban J connectivity index is 2.03. The number of nitrogens with two attached hydrogens (primary N) is 1. The molecule has 0 bridgehead atoms. The lowest BCUT2D eigenvalue weighted by Gasteiger charge is -2.36.